The Bertz CT molecular complexity index is 3060. The molecule has 6 aromatic carbocycles. The molecule has 0 aliphatic carbocycles. The highest BCUT2D eigenvalue weighted by atomic mass is 16.3. The number of benzene rings is 6. The molecule has 10 aromatic rings. The summed E-state index contributed by atoms with van der Waals surface area (Å²) in [5, 5.41) is 4.60. The number of aromatic amines is 1. The molecule has 0 fully saturated rings. The van der Waals surface area contributed by atoms with Gasteiger partial charge < -0.3 is 14.0 Å². The van der Waals surface area contributed by atoms with Gasteiger partial charge in [-0.15, -0.1) is 0 Å². The number of aromatic nitrogens is 4. The maximum atomic E-state index is 6.50. The zero-order valence-corrected chi connectivity index (χ0v) is 31.1. The predicted molar refractivity (Wildman–Crippen MR) is 225 cm³/mol. The van der Waals surface area contributed by atoms with Crippen molar-refractivity contribution < 1.29 is 4.42 Å². The van der Waals surface area contributed by atoms with Crippen LogP contribution in [0, 0.1) is 0 Å². The molecule has 0 radical (unpaired) electrons. The van der Waals surface area contributed by atoms with E-state index in [0.717, 1.165) is 88.9 Å². The van der Waals surface area contributed by atoms with Crippen molar-refractivity contribution in [1.29, 1.82) is 0 Å². The molecule has 4 heterocycles. The van der Waals surface area contributed by atoms with E-state index >= 15 is 0 Å². The zero-order valence-electron chi connectivity index (χ0n) is 31.1. The number of hydrogen-bond donors (Lipinski definition) is 1. The van der Waals surface area contributed by atoms with E-state index in [9.17, 15) is 0 Å². The lowest BCUT2D eigenvalue weighted by Gasteiger charge is -2.21. The number of imidazole rings is 1. The third-order valence-electron chi connectivity index (χ3n) is 10.9. The van der Waals surface area contributed by atoms with Crippen molar-refractivity contribution in [3.8, 4) is 44.9 Å². The number of furan rings is 1. The second kappa shape index (κ2) is 12.0. The van der Waals surface area contributed by atoms with Gasteiger partial charge in [-0.05, 0) is 96.1 Å². The number of H-pyrrole nitrogens is 1. The molecular formula is C49H40N4O. The van der Waals surface area contributed by atoms with Crippen molar-refractivity contribution in [2.24, 2.45) is 0 Å². The van der Waals surface area contributed by atoms with Crippen LogP contribution in [0.4, 0.5) is 0 Å². The average Bonchev–Trinajstić information content (AvgIpc) is 3.89. The lowest BCUT2D eigenvalue weighted by molar-refractivity contribution is 0.591. The highest BCUT2D eigenvalue weighted by Gasteiger charge is 2.25. The Balaban J connectivity index is 1.25. The minimum absolute atomic E-state index is 0.0494. The Morgan fingerprint density at radius 1 is 0.630 bits per heavy atom. The van der Waals surface area contributed by atoms with Crippen LogP contribution in [0.1, 0.15) is 46.2 Å². The number of pyridine rings is 1. The monoisotopic (exact) mass is 700 g/mol. The fourth-order valence-corrected chi connectivity index (χ4v) is 8.20. The lowest BCUT2D eigenvalue weighted by Crippen LogP contribution is -2.11. The molecule has 0 aliphatic rings. The van der Waals surface area contributed by atoms with Crippen LogP contribution in [0.25, 0.3) is 99.7 Å². The van der Waals surface area contributed by atoms with E-state index in [-0.39, 0.29) is 11.5 Å². The fourth-order valence-electron chi connectivity index (χ4n) is 8.20. The molecule has 10 rings (SSSR count). The van der Waals surface area contributed by atoms with Crippen molar-refractivity contribution in [2.75, 3.05) is 0 Å². The smallest absolute Gasteiger partial charge is 0.161 e. The Hall–Kier alpha value is -6.46. The highest BCUT2D eigenvalue weighted by molar-refractivity contribution is 6.13. The van der Waals surface area contributed by atoms with Gasteiger partial charge in [0, 0.05) is 56.0 Å². The normalized spacial score (nSPS) is 12.3. The average molecular weight is 701 g/mol. The molecule has 0 saturated carbocycles. The van der Waals surface area contributed by atoms with Crippen molar-refractivity contribution in [1.82, 2.24) is 19.5 Å². The molecular weight excluding hydrogens is 661 g/mol. The summed E-state index contributed by atoms with van der Waals surface area (Å²) in [4.78, 5) is 14.3. The first-order valence-corrected chi connectivity index (χ1v) is 18.8. The highest BCUT2D eigenvalue weighted by Crippen LogP contribution is 2.43. The molecule has 54 heavy (non-hydrogen) atoms. The summed E-state index contributed by atoms with van der Waals surface area (Å²) >= 11 is 0. The maximum Gasteiger partial charge on any atom is 0.161 e. The molecule has 4 aromatic heterocycles. The molecule has 0 atom stereocenters. The van der Waals surface area contributed by atoms with E-state index in [2.05, 4.69) is 159 Å². The molecule has 0 bridgehead atoms. The summed E-state index contributed by atoms with van der Waals surface area (Å²) in [6.45, 7) is 11.4. The van der Waals surface area contributed by atoms with Crippen LogP contribution in [0.3, 0.4) is 0 Å². The SMILES string of the molecule is CC(C)n1c(-c2cc(C(C)(C)C)cc3c2[nH]c2ccccc23)nc2c(-c3cc(-c4ccccc4)cc(-c4nccc5c4oc4ccccc45)c3)cccc21. The molecule has 0 saturated heterocycles. The minimum atomic E-state index is -0.0494. The molecule has 262 valence electrons. The molecule has 0 unspecified atom stereocenters. The minimum Gasteiger partial charge on any atom is -0.454 e. The Morgan fingerprint density at radius 2 is 1.37 bits per heavy atom. The van der Waals surface area contributed by atoms with E-state index in [1.807, 2.05) is 24.4 Å². The van der Waals surface area contributed by atoms with Crippen LogP contribution in [-0.2, 0) is 5.41 Å². The Labute approximate surface area is 313 Å². The van der Waals surface area contributed by atoms with Gasteiger partial charge in [0.05, 0.1) is 16.6 Å². The Kier molecular flexibility index (Phi) is 7.18. The van der Waals surface area contributed by atoms with E-state index < -0.39 is 0 Å². The van der Waals surface area contributed by atoms with Gasteiger partial charge in [0.15, 0.2) is 5.58 Å². The van der Waals surface area contributed by atoms with Crippen LogP contribution in [0.15, 0.2) is 144 Å². The third kappa shape index (κ3) is 5.07. The molecule has 5 nitrogen and oxygen atoms in total. The van der Waals surface area contributed by atoms with Gasteiger partial charge in [-0.1, -0.05) is 99.6 Å². The van der Waals surface area contributed by atoms with Crippen molar-refractivity contribution in [3.05, 3.63) is 145 Å². The van der Waals surface area contributed by atoms with Crippen LogP contribution in [-0.4, -0.2) is 19.5 Å². The number of hydrogen-bond acceptors (Lipinski definition) is 3. The molecule has 5 heteroatoms. The van der Waals surface area contributed by atoms with Crippen LogP contribution in [0.5, 0.6) is 0 Å². The first-order valence-electron chi connectivity index (χ1n) is 18.8. The Morgan fingerprint density at radius 3 is 2.19 bits per heavy atom. The number of nitrogens with one attached hydrogen (secondary N) is 1. The number of para-hydroxylation sites is 3. The molecule has 0 amide bonds. The predicted octanol–water partition coefficient (Wildman–Crippen LogP) is 13.5. The maximum absolute atomic E-state index is 6.50. The third-order valence-corrected chi connectivity index (χ3v) is 10.9. The van der Waals surface area contributed by atoms with Gasteiger partial charge in [-0.25, -0.2) is 4.98 Å². The van der Waals surface area contributed by atoms with E-state index in [0.29, 0.717) is 0 Å². The second-order valence-electron chi connectivity index (χ2n) is 15.7. The number of nitrogens with zero attached hydrogens (tertiary/aromatic N) is 3. The van der Waals surface area contributed by atoms with Crippen molar-refractivity contribution in [2.45, 2.75) is 46.1 Å². The van der Waals surface area contributed by atoms with Gasteiger partial charge >= 0.3 is 0 Å². The number of fused-ring (bicyclic) bond motifs is 7. The first kappa shape index (κ1) is 32.2. The van der Waals surface area contributed by atoms with E-state index in [1.54, 1.807) is 0 Å². The summed E-state index contributed by atoms with van der Waals surface area (Å²) in [6, 6.07) is 47.7. The van der Waals surface area contributed by atoms with Gasteiger partial charge in [0.1, 0.15) is 17.1 Å². The largest absolute Gasteiger partial charge is 0.454 e. The van der Waals surface area contributed by atoms with Crippen molar-refractivity contribution in [3.63, 3.8) is 0 Å². The summed E-state index contributed by atoms with van der Waals surface area (Å²) in [6.07, 6.45) is 1.89. The quantitative estimate of drug-likeness (QED) is 0.194. The standard InChI is InChI=1S/C49H40N4O/c1-29(2)53-42-20-13-18-35(46(42)52-48(53)40-28-34(49(3,4)5)27-39-36-16-9-11-19-41(36)51-45(39)40)32-24-31(30-14-7-6-8-15-30)25-33(26-32)44-47-38(22-23-50-44)37-17-10-12-21-43(37)54-47/h6-29,51H,1-5H3. The van der Waals surface area contributed by atoms with Crippen LogP contribution in [0.2, 0.25) is 0 Å². The molecule has 0 spiro atoms. The van der Waals surface area contributed by atoms with Crippen LogP contribution < -0.4 is 0 Å². The van der Waals surface area contributed by atoms with Gasteiger partial charge in [0.25, 0.3) is 0 Å². The molecule has 1 N–H and O–H groups in total. The second-order valence-corrected chi connectivity index (χ2v) is 15.7. The summed E-state index contributed by atoms with van der Waals surface area (Å²) < 4.78 is 8.91. The van der Waals surface area contributed by atoms with Gasteiger partial charge in [0.2, 0.25) is 0 Å². The summed E-state index contributed by atoms with van der Waals surface area (Å²) in [7, 11) is 0. The molecule has 0 aliphatic heterocycles. The van der Waals surface area contributed by atoms with Gasteiger partial charge in [-0.2, -0.15) is 0 Å². The van der Waals surface area contributed by atoms with Crippen LogP contribution >= 0.6 is 0 Å². The van der Waals surface area contributed by atoms with Crippen molar-refractivity contribution >= 4 is 54.8 Å². The zero-order chi connectivity index (χ0) is 36.7. The first-order chi connectivity index (χ1) is 26.2. The summed E-state index contributed by atoms with van der Waals surface area (Å²) in [5.41, 5.74) is 14.5. The van der Waals surface area contributed by atoms with E-state index in [1.165, 1.54) is 16.3 Å². The summed E-state index contributed by atoms with van der Waals surface area (Å²) in [5.74, 6) is 0.961. The topological polar surface area (TPSA) is 59.6 Å². The van der Waals surface area contributed by atoms with E-state index in [4.69, 9.17) is 14.4 Å². The lowest BCUT2D eigenvalue weighted by atomic mass is 9.85. The fraction of sp³-hybridized carbons (Fsp3) is 0.143. The number of rotatable bonds is 5. The van der Waals surface area contributed by atoms with Gasteiger partial charge in [-0.3, -0.25) is 4.98 Å².